The molecule has 0 saturated carbocycles. The van der Waals surface area contributed by atoms with Gasteiger partial charge in [-0.3, -0.25) is 19.3 Å². The van der Waals surface area contributed by atoms with E-state index in [0.29, 0.717) is 11.1 Å². The van der Waals surface area contributed by atoms with E-state index in [1.807, 2.05) is 30.3 Å². The summed E-state index contributed by atoms with van der Waals surface area (Å²) in [5.41, 5.74) is 4.97. The lowest BCUT2D eigenvalue weighted by atomic mass is 9.90. The molecular formula is C23H19N3O4. The molecule has 3 aromatic rings. The van der Waals surface area contributed by atoms with Crippen LogP contribution >= 0.6 is 0 Å². The number of ketones is 1. The molecule has 0 radical (unpaired) electrons. The van der Waals surface area contributed by atoms with Crippen molar-refractivity contribution in [1.82, 2.24) is 10.2 Å². The third-order valence-electron chi connectivity index (χ3n) is 5.37. The fourth-order valence-electron chi connectivity index (χ4n) is 3.62. The van der Waals surface area contributed by atoms with E-state index in [-0.39, 0.29) is 17.9 Å². The summed E-state index contributed by atoms with van der Waals surface area (Å²) < 4.78 is 0. The van der Waals surface area contributed by atoms with E-state index in [2.05, 4.69) is 5.32 Å². The van der Waals surface area contributed by atoms with Gasteiger partial charge in [-0.1, -0.05) is 48.5 Å². The molecule has 0 aromatic heterocycles. The van der Waals surface area contributed by atoms with Crippen LogP contribution in [0, 0.1) is 0 Å². The number of nitrogens with one attached hydrogen (secondary N) is 1. The zero-order valence-electron chi connectivity index (χ0n) is 16.2. The molecule has 0 spiro atoms. The average Bonchev–Trinajstić information content (AvgIpc) is 2.97. The smallest absolute Gasteiger partial charge is 0.325 e. The highest BCUT2D eigenvalue weighted by molar-refractivity contribution is 6.12. The number of urea groups is 1. The molecule has 1 aliphatic rings. The number of nitrogens with two attached hydrogens (primary N) is 1. The maximum atomic E-state index is 13.1. The number of hydrogen-bond donors (Lipinski definition) is 2. The molecule has 1 unspecified atom stereocenters. The van der Waals surface area contributed by atoms with E-state index >= 15 is 0 Å². The Hall–Kier alpha value is -4.00. The van der Waals surface area contributed by atoms with Gasteiger partial charge >= 0.3 is 6.03 Å². The van der Waals surface area contributed by atoms with Gasteiger partial charge in [0, 0.05) is 11.1 Å². The summed E-state index contributed by atoms with van der Waals surface area (Å²) in [6.45, 7) is 1.15. The van der Waals surface area contributed by atoms with E-state index in [4.69, 9.17) is 5.73 Å². The number of Topliss-reactive ketones (excluding diaryl/α,β-unsaturated/α-hetero) is 1. The summed E-state index contributed by atoms with van der Waals surface area (Å²) in [5, 5.41) is 4.52. The van der Waals surface area contributed by atoms with Crippen LogP contribution in [0.1, 0.15) is 33.2 Å². The molecule has 7 heteroatoms. The van der Waals surface area contributed by atoms with Gasteiger partial charge in [-0.15, -0.1) is 0 Å². The SMILES string of the molecule is CC1(c2cccc(C(N)=O)c2)NC(=O)N(CC(=O)c2ccc3ccccc3c2)C1=O. The minimum absolute atomic E-state index is 0.224. The van der Waals surface area contributed by atoms with Crippen molar-refractivity contribution in [3.63, 3.8) is 0 Å². The minimum Gasteiger partial charge on any atom is -0.366 e. The first-order valence-corrected chi connectivity index (χ1v) is 9.36. The summed E-state index contributed by atoms with van der Waals surface area (Å²) in [6.07, 6.45) is 0. The average molecular weight is 401 g/mol. The molecule has 150 valence electrons. The van der Waals surface area contributed by atoms with E-state index in [1.165, 1.54) is 19.1 Å². The number of carbonyl (C=O) groups excluding carboxylic acids is 4. The maximum Gasteiger partial charge on any atom is 0.325 e. The lowest BCUT2D eigenvalue weighted by Gasteiger charge is -2.22. The Kier molecular flexibility index (Phi) is 4.58. The first-order valence-electron chi connectivity index (χ1n) is 9.36. The van der Waals surface area contributed by atoms with Crippen LogP contribution in [0.15, 0.2) is 66.7 Å². The highest BCUT2D eigenvalue weighted by Crippen LogP contribution is 2.29. The summed E-state index contributed by atoms with van der Waals surface area (Å²) in [7, 11) is 0. The normalized spacial score (nSPS) is 18.5. The molecule has 1 aliphatic heterocycles. The van der Waals surface area contributed by atoms with Crippen molar-refractivity contribution in [2.24, 2.45) is 5.73 Å². The van der Waals surface area contributed by atoms with Crippen molar-refractivity contribution >= 4 is 34.4 Å². The van der Waals surface area contributed by atoms with Crippen molar-refractivity contribution in [3.8, 4) is 0 Å². The van der Waals surface area contributed by atoms with Gasteiger partial charge in [0.1, 0.15) is 5.54 Å². The molecular weight excluding hydrogens is 382 g/mol. The number of amides is 4. The van der Waals surface area contributed by atoms with E-state index in [1.54, 1.807) is 24.3 Å². The molecule has 3 N–H and O–H groups in total. The predicted molar refractivity (Wildman–Crippen MR) is 111 cm³/mol. The molecule has 0 aliphatic carbocycles. The van der Waals surface area contributed by atoms with E-state index < -0.39 is 23.4 Å². The van der Waals surface area contributed by atoms with E-state index in [0.717, 1.165) is 15.7 Å². The standard InChI is InChI=1S/C23H19N3O4/c1-23(18-8-4-7-17(12-18)20(24)28)21(29)26(22(30)25-23)13-19(27)16-10-9-14-5-2-3-6-15(14)11-16/h2-12H,13H2,1H3,(H2,24,28)(H,25,30). The van der Waals surface area contributed by atoms with Crippen molar-refractivity contribution in [2.45, 2.75) is 12.5 Å². The third-order valence-corrected chi connectivity index (χ3v) is 5.37. The summed E-state index contributed by atoms with van der Waals surface area (Å²) in [6, 6.07) is 18.4. The van der Waals surface area contributed by atoms with Gasteiger partial charge in [0.2, 0.25) is 5.91 Å². The maximum absolute atomic E-state index is 13.1. The monoisotopic (exact) mass is 401 g/mol. The first-order chi connectivity index (χ1) is 14.3. The third kappa shape index (κ3) is 3.20. The van der Waals surface area contributed by atoms with Crippen molar-refractivity contribution in [1.29, 1.82) is 0 Å². The predicted octanol–water partition coefficient (Wildman–Crippen LogP) is 2.59. The van der Waals surface area contributed by atoms with Gasteiger partial charge < -0.3 is 11.1 Å². The van der Waals surface area contributed by atoms with Crippen LogP contribution in [-0.2, 0) is 10.3 Å². The van der Waals surface area contributed by atoms with Crippen LogP contribution in [0.25, 0.3) is 10.8 Å². The fourth-order valence-corrected chi connectivity index (χ4v) is 3.62. The number of nitrogens with zero attached hydrogens (tertiary/aromatic N) is 1. The van der Waals surface area contributed by atoms with Gasteiger partial charge in [0.15, 0.2) is 5.78 Å². The second kappa shape index (κ2) is 7.11. The Balaban J connectivity index is 1.60. The highest BCUT2D eigenvalue weighted by atomic mass is 16.2. The Labute approximate surface area is 172 Å². The Bertz CT molecular complexity index is 1220. The molecule has 4 rings (SSSR count). The lowest BCUT2D eigenvalue weighted by Crippen LogP contribution is -2.41. The number of fused-ring (bicyclic) bond motifs is 1. The zero-order chi connectivity index (χ0) is 21.5. The van der Waals surface area contributed by atoms with E-state index in [9.17, 15) is 19.2 Å². The molecule has 1 heterocycles. The van der Waals surface area contributed by atoms with Gasteiger partial charge in [0.05, 0.1) is 6.54 Å². The molecule has 30 heavy (non-hydrogen) atoms. The lowest BCUT2D eigenvalue weighted by molar-refractivity contribution is -0.130. The largest absolute Gasteiger partial charge is 0.366 e. The molecule has 4 amide bonds. The quantitative estimate of drug-likeness (QED) is 0.506. The number of primary amides is 1. The number of hydrogen-bond acceptors (Lipinski definition) is 4. The Morgan fingerprint density at radius 3 is 2.40 bits per heavy atom. The Morgan fingerprint density at radius 2 is 1.67 bits per heavy atom. The molecule has 1 atom stereocenters. The van der Waals surface area contributed by atoms with Crippen LogP contribution < -0.4 is 11.1 Å². The highest BCUT2D eigenvalue weighted by Gasteiger charge is 2.49. The van der Waals surface area contributed by atoms with Gasteiger partial charge in [-0.25, -0.2) is 4.79 Å². The topological polar surface area (TPSA) is 110 Å². The summed E-state index contributed by atoms with van der Waals surface area (Å²) in [4.78, 5) is 50.8. The van der Waals surface area contributed by atoms with Crippen molar-refractivity contribution in [3.05, 3.63) is 83.4 Å². The molecule has 1 saturated heterocycles. The summed E-state index contributed by atoms with van der Waals surface area (Å²) >= 11 is 0. The molecule has 3 aromatic carbocycles. The van der Waals surface area contributed by atoms with Crippen molar-refractivity contribution in [2.75, 3.05) is 6.54 Å². The van der Waals surface area contributed by atoms with Crippen LogP contribution in [0.2, 0.25) is 0 Å². The number of imide groups is 1. The molecule has 7 nitrogen and oxygen atoms in total. The second-order valence-electron chi connectivity index (χ2n) is 7.38. The number of rotatable bonds is 5. The van der Waals surface area contributed by atoms with Gasteiger partial charge in [0.25, 0.3) is 5.91 Å². The fraction of sp³-hybridized carbons (Fsp3) is 0.130. The first kappa shape index (κ1) is 19.3. The van der Waals surface area contributed by atoms with Gasteiger partial charge in [-0.2, -0.15) is 0 Å². The van der Waals surface area contributed by atoms with Crippen LogP contribution in [0.5, 0.6) is 0 Å². The summed E-state index contributed by atoms with van der Waals surface area (Å²) in [5.74, 6) is -1.55. The Morgan fingerprint density at radius 1 is 0.933 bits per heavy atom. The number of carbonyl (C=O) groups is 4. The minimum atomic E-state index is -1.40. The zero-order valence-corrected chi connectivity index (χ0v) is 16.2. The van der Waals surface area contributed by atoms with Crippen LogP contribution in [-0.4, -0.2) is 35.1 Å². The van der Waals surface area contributed by atoms with Gasteiger partial charge in [-0.05, 0) is 41.5 Å². The second-order valence-corrected chi connectivity index (χ2v) is 7.38. The molecule has 0 bridgehead atoms. The number of benzene rings is 3. The van der Waals surface area contributed by atoms with Crippen molar-refractivity contribution < 1.29 is 19.2 Å². The van der Waals surface area contributed by atoms with Crippen LogP contribution in [0.4, 0.5) is 4.79 Å². The molecule has 1 fully saturated rings. The van der Waals surface area contributed by atoms with Crippen LogP contribution in [0.3, 0.4) is 0 Å².